The van der Waals surface area contributed by atoms with Gasteiger partial charge in [0.1, 0.15) is 5.75 Å². The van der Waals surface area contributed by atoms with Crippen LogP contribution in [0.15, 0.2) is 36.7 Å². The molecule has 0 saturated carbocycles. The molecular formula is C13H15N3O2. The molecular weight excluding hydrogens is 230 g/mol. The number of aromatic nitrogens is 2. The molecule has 3 rings (SSSR count). The van der Waals surface area contributed by atoms with E-state index >= 15 is 0 Å². The number of ether oxygens (including phenoxy) is 1. The van der Waals surface area contributed by atoms with Crippen molar-refractivity contribution in [2.45, 2.75) is 0 Å². The molecule has 1 aliphatic rings. The van der Waals surface area contributed by atoms with Crippen LogP contribution in [-0.2, 0) is 0 Å². The maximum absolute atomic E-state index is 9.42. The Bertz CT molecular complexity index is 535. The molecule has 1 saturated heterocycles. The molecule has 1 aromatic carbocycles. The fraction of sp³-hybridized carbons (Fsp3) is 0.308. The van der Waals surface area contributed by atoms with Crippen molar-refractivity contribution >= 4 is 0 Å². The smallest absolute Gasteiger partial charge is 0.157 e. The number of phenolic OH excluding ortho intramolecular Hbond substituents is 1. The van der Waals surface area contributed by atoms with Gasteiger partial charge in [-0.1, -0.05) is 6.07 Å². The molecule has 1 aliphatic heterocycles. The average Bonchev–Trinajstić information content (AvgIpc) is 2.76. The van der Waals surface area contributed by atoms with E-state index in [1.54, 1.807) is 29.1 Å². The molecule has 0 bridgehead atoms. The van der Waals surface area contributed by atoms with Crippen molar-refractivity contribution < 1.29 is 9.84 Å². The number of hydrogen-bond donors (Lipinski definition) is 2. The van der Waals surface area contributed by atoms with Gasteiger partial charge in [-0.2, -0.15) is 5.10 Å². The third-order valence-corrected chi connectivity index (χ3v) is 3.00. The van der Waals surface area contributed by atoms with Crippen molar-refractivity contribution in [1.29, 1.82) is 0 Å². The van der Waals surface area contributed by atoms with Gasteiger partial charge in [-0.3, -0.25) is 0 Å². The molecule has 0 amide bonds. The SMILES string of the molecule is Oc1cccc(-n2cc(OCC3CNC3)cn2)c1. The molecule has 0 atom stereocenters. The first-order valence-corrected chi connectivity index (χ1v) is 5.99. The van der Waals surface area contributed by atoms with Crippen LogP contribution in [0.3, 0.4) is 0 Å². The summed E-state index contributed by atoms with van der Waals surface area (Å²) in [6.07, 6.45) is 3.51. The summed E-state index contributed by atoms with van der Waals surface area (Å²) < 4.78 is 7.35. The Balaban J connectivity index is 1.68. The third-order valence-electron chi connectivity index (χ3n) is 3.00. The standard InChI is InChI=1S/C13H15N3O2/c17-12-3-1-2-11(4-12)16-8-13(7-15-16)18-9-10-5-14-6-10/h1-4,7-8,10,14,17H,5-6,9H2. The van der Waals surface area contributed by atoms with Gasteiger partial charge in [-0.15, -0.1) is 0 Å². The van der Waals surface area contributed by atoms with Crippen molar-refractivity contribution in [1.82, 2.24) is 15.1 Å². The van der Waals surface area contributed by atoms with E-state index in [0.717, 1.165) is 31.1 Å². The highest BCUT2D eigenvalue weighted by molar-refractivity contribution is 5.38. The molecule has 5 nitrogen and oxygen atoms in total. The monoisotopic (exact) mass is 245 g/mol. The minimum absolute atomic E-state index is 0.228. The van der Waals surface area contributed by atoms with Gasteiger partial charge in [-0.05, 0) is 12.1 Å². The predicted molar refractivity (Wildman–Crippen MR) is 67.1 cm³/mol. The Morgan fingerprint density at radius 2 is 2.33 bits per heavy atom. The summed E-state index contributed by atoms with van der Waals surface area (Å²) in [4.78, 5) is 0. The molecule has 5 heteroatoms. The molecule has 0 unspecified atom stereocenters. The molecule has 1 fully saturated rings. The lowest BCUT2D eigenvalue weighted by Gasteiger charge is -2.26. The lowest BCUT2D eigenvalue weighted by atomic mass is 10.1. The van der Waals surface area contributed by atoms with Crippen LogP contribution >= 0.6 is 0 Å². The Kier molecular flexibility index (Phi) is 2.90. The van der Waals surface area contributed by atoms with Crippen LogP contribution in [0.1, 0.15) is 0 Å². The van der Waals surface area contributed by atoms with E-state index in [1.165, 1.54) is 0 Å². The molecule has 2 N–H and O–H groups in total. The highest BCUT2D eigenvalue weighted by Gasteiger charge is 2.17. The van der Waals surface area contributed by atoms with Crippen molar-refractivity contribution in [2.24, 2.45) is 5.92 Å². The normalized spacial score (nSPS) is 15.3. The Morgan fingerprint density at radius 3 is 3.06 bits per heavy atom. The highest BCUT2D eigenvalue weighted by atomic mass is 16.5. The first-order chi connectivity index (χ1) is 8.81. The summed E-state index contributed by atoms with van der Waals surface area (Å²) in [6.45, 7) is 2.78. The lowest BCUT2D eigenvalue weighted by Crippen LogP contribution is -2.45. The van der Waals surface area contributed by atoms with E-state index < -0.39 is 0 Å². The summed E-state index contributed by atoms with van der Waals surface area (Å²) in [7, 11) is 0. The van der Waals surface area contributed by atoms with E-state index in [-0.39, 0.29) is 5.75 Å². The van der Waals surface area contributed by atoms with Crippen LogP contribution in [0.4, 0.5) is 0 Å². The summed E-state index contributed by atoms with van der Waals surface area (Å²) in [5, 5.41) is 16.8. The predicted octanol–water partition coefficient (Wildman–Crippen LogP) is 1.18. The maximum atomic E-state index is 9.42. The summed E-state index contributed by atoms with van der Waals surface area (Å²) >= 11 is 0. The first-order valence-electron chi connectivity index (χ1n) is 5.99. The number of nitrogens with one attached hydrogen (secondary N) is 1. The Morgan fingerprint density at radius 1 is 1.44 bits per heavy atom. The molecule has 94 valence electrons. The zero-order chi connectivity index (χ0) is 12.4. The van der Waals surface area contributed by atoms with Gasteiger partial charge in [-0.25, -0.2) is 4.68 Å². The van der Waals surface area contributed by atoms with Gasteiger partial charge in [0.05, 0.1) is 24.7 Å². The van der Waals surface area contributed by atoms with Crippen LogP contribution in [-0.4, -0.2) is 34.6 Å². The number of hydrogen-bond acceptors (Lipinski definition) is 4. The first kappa shape index (κ1) is 11.1. The topological polar surface area (TPSA) is 59.3 Å². The van der Waals surface area contributed by atoms with Crippen molar-refractivity contribution in [2.75, 3.05) is 19.7 Å². The van der Waals surface area contributed by atoms with Gasteiger partial charge >= 0.3 is 0 Å². The third kappa shape index (κ3) is 2.31. The molecule has 2 aromatic rings. The van der Waals surface area contributed by atoms with Crippen LogP contribution in [0, 0.1) is 5.92 Å². The molecule has 0 radical (unpaired) electrons. The summed E-state index contributed by atoms with van der Waals surface area (Å²) in [6, 6.07) is 6.96. The van der Waals surface area contributed by atoms with E-state index in [2.05, 4.69) is 10.4 Å². The van der Waals surface area contributed by atoms with E-state index in [4.69, 9.17) is 4.74 Å². The van der Waals surface area contributed by atoms with Crippen LogP contribution < -0.4 is 10.1 Å². The van der Waals surface area contributed by atoms with Crippen LogP contribution in [0.2, 0.25) is 0 Å². The Labute approximate surface area is 105 Å². The number of phenols is 1. The van der Waals surface area contributed by atoms with E-state index in [9.17, 15) is 5.11 Å². The molecule has 0 aliphatic carbocycles. The van der Waals surface area contributed by atoms with Crippen molar-refractivity contribution in [3.63, 3.8) is 0 Å². The lowest BCUT2D eigenvalue weighted by molar-refractivity contribution is 0.199. The molecule has 1 aromatic heterocycles. The van der Waals surface area contributed by atoms with Gasteiger partial charge in [0.2, 0.25) is 0 Å². The summed E-state index contributed by atoms with van der Waals surface area (Å²) in [5.41, 5.74) is 0.815. The fourth-order valence-electron chi connectivity index (χ4n) is 1.84. The fourth-order valence-corrected chi connectivity index (χ4v) is 1.84. The van der Waals surface area contributed by atoms with Crippen LogP contribution in [0.5, 0.6) is 11.5 Å². The number of nitrogens with zero attached hydrogens (tertiary/aromatic N) is 2. The quantitative estimate of drug-likeness (QED) is 0.849. The second kappa shape index (κ2) is 4.70. The van der Waals surface area contributed by atoms with Crippen LogP contribution in [0.25, 0.3) is 5.69 Å². The Hall–Kier alpha value is -2.01. The highest BCUT2D eigenvalue weighted by Crippen LogP contribution is 2.18. The minimum atomic E-state index is 0.228. The van der Waals surface area contributed by atoms with Gasteiger partial charge in [0.25, 0.3) is 0 Å². The average molecular weight is 245 g/mol. The zero-order valence-corrected chi connectivity index (χ0v) is 9.91. The maximum Gasteiger partial charge on any atom is 0.157 e. The van der Waals surface area contributed by atoms with Gasteiger partial charge in [0, 0.05) is 25.1 Å². The second-order valence-electron chi connectivity index (χ2n) is 4.48. The largest absolute Gasteiger partial charge is 0.508 e. The number of benzene rings is 1. The molecule has 2 heterocycles. The molecule has 18 heavy (non-hydrogen) atoms. The van der Waals surface area contributed by atoms with E-state index in [0.29, 0.717) is 5.92 Å². The molecule has 0 spiro atoms. The second-order valence-corrected chi connectivity index (χ2v) is 4.48. The number of aromatic hydroxyl groups is 1. The minimum Gasteiger partial charge on any atom is -0.508 e. The number of rotatable bonds is 4. The summed E-state index contributed by atoms with van der Waals surface area (Å²) in [5.74, 6) is 1.59. The van der Waals surface area contributed by atoms with Crippen molar-refractivity contribution in [3.05, 3.63) is 36.7 Å². The zero-order valence-electron chi connectivity index (χ0n) is 9.91. The van der Waals surface area contributed by atoms with Gasteiger partial charge in [0.15, 0.2) is 5.75 Å². The van der Waals surface area contributed by atoms with E-state index in [1.807, 2.05) is 12.3 Å². The van der Waals surface area contributed by atoms with Crippen molar-refractivity contribution in [3.8, 4) is 17.2 Å². The van der Waals surface area contributed by atoms with Gasteiger partial charge < -0.3 is 15.2 Å².